The van der Waals surface area contributed by atoms with Crippen molar-refractivity contribution in [2.24, 2.45) is 45.9 Å². The van der Waals surface area contributed by atoms with Crippen LogP contribution in [0.1, 0.15) is 131 Å². The lowest BCUT2D eigenvalue weighted by atomic mass is 9.96. The number of nitrogens with zero attached hydrogens (tertiary/aromatic N) is 1. The van der Waals surface area contributed by atoms with Gasteiger partial charge in [0.1, 0.15) is 60.1 Å². The number of carbonyl (C=O) groups is 13. The third kappa shape index (κ3) is 30.9. The van der Waals surface area contributed by atoms with Gasteiger partial charge in [-0.2, -0.15) is 0 Å². The van der Waals surface area contributed by atoms with E-state index in [-0.39, 0.29) is 81.0 Å². The van der Waals surface area contributed by atoms with Crippen molar-refractivity contribution in [3.63, 3.8) is 0 Å². The molecule has 0 aliphatic rings. The summed E-state index contributed by atoms with van der Waals surface area (Å²) in [6, 6.07) is -1.21. The summed E-state index contributed by atoms with van der Waals surface area (Å²) in [5.74, 6) is -15.7. The highest BCUT2D eigenvalue weighted by atomic mass is 16.4. The van der Waals surface area contributed by atoms with Gasteiger partial charge in [0.05, 0.1) is 18.7 Å². The zero-order valence-electron chi connectivity index (χ0n) is 55.3. The van der Waals surface area contributed by atoms with Crippen molar-refractivity contribution in [1.82, 2.24) is 53.2 Å². The number of phenols is 1. The van der Waals surface area contributed by atoms with Crippen LogP contribution in [0.15, 0.2) is 59.6 Å². The Morgan fingerprint density at radius 3 is 1.37 bits per heavy atom. The second-order valence-electron chi connectivity index (χ2n) is 24.5. The third-order valence-corrected chi connectivity index (χ3v) is 15.0. The van der Waals surface area contributed by atoms with Crippen molar-refractivity contribution in [2.75, 3.05) is 13.1 Å². The van der Waals surface area contributed by atoms with Gasteiger partial charge in [0, 0.05) is 32.2 Å². The molecule has 0 aliphatic heterocycles. The van der Waals surface area contributed by atoms with Gasteiger partial charge < -0.3 is 95.9 Å². The maximum atomic E-state index is 14.7. The smallest absolute Gasteiger partial charge is 0.326 e. The number of hydrogen-bond donors (Lipinski definition) is 18. The molecule has 528 valence electrons. The molecule has 21 N–H and O–H groups in total. The van der Waals surface area contributed by atoms with Crippen LogP contribution in [0.2, 0.25) is 0 Å². The Kier molecular flexibility index (Phi) is 35.5. The van der Waals surface area contributed by atoms with Crippen LogP contribution < -0.4 is 70.4 Å². The maximum absolute atomic E-state index is 14.7. The minimum absolute atomic E-state index is 0.0413. The van der Waals surface area contributed by atoms with Crippen molar-refractivity contribution >= 4 is 82.9 Å². The van der Waals surface area contributed by atoms with E-state index in [2.05, 4.69) is 58.2 Å². The van der Waals surface area contributed by atoms with Gasteiger partial charge in [-0.05, 0) is 92.4 Å². The van der Waals surface area contributed by atoms with Crippen LogP contribution in [0.4, 0.5) is 0 Å². The fraction of sp³-hybridized carbons (Fsp3) is 0.587. The van der Waals surface area contributed by atoms with Gasteiger partial charge in [-0.15, -0.1) is 0 Å². The summed E-state index contributed by atoms with van der Waals surface area (Å²) < 4.78 is 0. The monoisotopic (exact) mass is 1340 g/mol. The SMILES string of the molecule is CC[C@H](C)[C@H](NC(=O)[C@H](CCC(=O)O)NC(=O)[C@H](CCC(=O)O)NC(=O)[C@H](Cc1ccccc1)NC(=O)[C@H](CC(C)C)NC(=O)[C@H](CCCN=C(N)N)NC(=O)[C@H](Cc1ccc(O)cc1)NC(=O)CNC(=O)[C@@H](NC(=O)[C@@H](N)C(C)C)[C@@H](C)O)C(=O)N[C@@H](CC(C)C)C(=O)O. The highest BCUT2D eigenvalue weighted by Crippen LogP contribution is 2.16. The summed E-state index contributed by atoms with van der Waals surface area (Å²) in [6.07, 6.45) is -4.53. The molecule has 0 fully saturated rings. The average Bonchev–Trinajstić information content (AvgIpc) is 0.951. The number of aliphatic hydroxyl groups is 1. The number of rotatable bonds is 43. The van der Waals surface area contributed by atoms with E-state index in [1.165, 1.54) is 31.2 Å². The molecular weight excluding hydrogens is 1240 g/mol. The molecule has 10 amide bonds. The Morgan fingerprint density at radius 2 is 0.905 bits per heavy atom. The Bertz CT molecular complexity index is 2950. The molecule has 0 spiro atoms. The molecule has 0 aromatic heterocycles. The van der Waals surface area contributed by atoms with Gasteiger partial charge in [-0.3, -0.25) is 62.5 Å². The highest BCUT2D eigenvalue weighted by Gasteiger charge is 2.37. The molecule has 12 atom stereocenters. The number of hydrogen-bond acceptors (Lipinski definition) is 17. The van der Waals surface area contributed by atoms with E-state index in [0.29, 0.717) is 11.1 Å². The normalized spacial score (nSPS) is 15.0. The number of benzene rings is 2. The maximum Gasteiger partial charge on any atom is 0.326 e. The van der Waals surface area contributed by atoms with E-state index in [4.69, 9.17) is 17.2 Å². The first-order valence-corrected chi connectivity index (χ1v) is 31.5. The summed E-state index contributed by atoms with van der Waals surface area (Å²) in [7, 11) is 0. The van der Waals surface area contributed by atoms with Crippen LogP contribution in [-0.2, 0) is 75.2 Å². The molecule has 0 bridgehead atoms. The number of aliphatic carboxylic acids is 3. The van der Waals surface area contributed by atoms with Crippen LogP contribution in [-0.4, -0.2) is 188 Å². The van der Waals surface area contributed by atoms with Gasteiger partial charge in [0.25, 0.3) is 0 Å². The largest absolute Gasteiger partial charge is 0.508 e. The fourth-order valence-electron chi connectivity index (χ4n) is 9.44. The molecule has 0 heterocycles. The summed E-state index contributed by atoms with van der Waals surface area (Å²) >= 11 is 0. The predicted molar refractivity (Wildman–Crippen MR) is 346 cm³/mol. The highest BCUT2D eigenvalue weighted by molar-refractivity contribution is 5.99. The second kappa shape index (κ2) is 41.3. The number of aliphatic imine (C=N–C) groups is 1. The van der Waals surface area contributed by atoms with Crippen molar-refractivity contribution in [3.05, 3.63) is 65.7 Å². The molecule has 0 saturated carbocycles. The minimum Gasteiger partial charge on any atom is -0.508 e. The zero-order chi connectivity index (χ0) is 71.8. The number of nitrogens with two attached hydrogens (primary N) is 3. The lowest BCUT2D eigenvalue weighted by Crippen LogP contribution is -2.61. The molecule has 0 radical (unpaired) electrons. The molecule has 32 nitrogen and oxygen atoms in total. The van der Waals surface area contributed by atoms with Crippen molar-refractivity contribution < 1.29 is 87.9 Å². The van der Waals surface area contributed by atoms with E-state index in [1.54, 1.807) is 85.7 Å². The van der Waals surface area contributed by atoms with Crippen LogP contribution in [0, 0.1) is 23.7 Å². The molecular formula is C63H98N14O18. The summed E-state index contributed by atoms with van der Waals surface area (Å²) in [4.78, 5) is 180. The van der Waals surface area contributed by atoms with Gasteiger partial charge >= 0.3 is 17.9 Å². The first kappa shape index (κ1) is 81.6. The van der Waals surface area contributed by atoms with Crippen molar-refractivity contribution in [1.29, 1.82) is 0 Å². The average molecular weight is 1340 g/mol. The molecule has 0 saturated heterocycles. The van der Waals surface area contributed by atoms with E-state index in [9.17, 15) is 87.9 Å². The number of carbonyl (C=O) groups excluding carboxylic acids is 10. The van der Waals surface area contributed by atoms with Crippen molar-refractivity contribution in [2.45, 2.75) is 199 Å². The third-order valence-electron chi connectivity index (χ3n) is 15.0. The Hall–Kier alpha value is -9.46. The lowest BCUT2D eigenvalue weighted by molar-refractivity contribution is -0.143. The van der Waals surface area contributed by atoms with E-state index in [0.717, 1.165) is 0 Å². The Morgan fingerprint density at radius 1 is 0.484 bits per heavy atom. The first-order chi connectivity index (χ1) is 44.5. The number of amides is 10. The molecule has 2 aromatic carbocycles. The molecule has 95 heavy (non-hydrogen) atoms. The number of guanidine groups is 1. The number of carboxylic acids is 3. The van der Waals surface area contributed by atoms with Crippen LogP contribution in [0.5, 0.6) is 5.75 Å². The number of carboxylic acid groups (broad SMARTS) is 3. The first-order valence-electron chi connectivity index (χ1n) is 31.5. The summed E-state index contributed by atoms with van der Waals surface area (Å²) in [6.45, 7) is 13.9. The van der Waals surface area contributed by atoms with E-state index in [1.807, 2.05) is 0 Å². The molecule has 32 heteroatoms. The lowest BCUT2D eigenvalue weighted by Gasteiger charge is -2.29. The minimum atomic E-state index is -1.79. The van der Waals surface area contributed by atoms with Gasteiger partial charge in [0.15, 0.2) is 5.96 Å². The molecule has 2 aromatic rings. The van der Waals surface area contributed by atoms with Crippen LogP contribution in [0.3, 0.4) is 0 Å². The van der Waals surface area contributed by atoms with Crippen LogP contribution >= 0.6 is 0 Å². The van der Waals surface area contributed by atoms with Gasteiger partial charge in [-0.1, -0.05) is 104 Å². The Labute approximate surface area is 552 Å². The zero-order valence-corrected chi connectivity index (χ0v) is 55.3. The summed E-state index contributed by atoms with van der Waals surface area (Å²) in [5.41, 5.74) is 17.9. The quantitative estimate of drug-likeness (QED) is 0.0194. The van der Waals surface area contributed by atoms with E-state index < -0.39 is 182 Å². The molecule has 0 unspecified atom stereocenters. The number of aromatic hydroxyl groups is 1. The van der Waals surface area contributed by atoms with Crippen molar-refractivity contribution in [3.8, 4) is 5.75 Å². The molecule has 2 rings (SSSR count). The van der Waals surface area contributed by atoms with Crippen LogP contribution in [0.25, 0.3) is 0 Å². The Balaban J connectivity index is 2.61. The molecule has 0 aliphatic carbocycles. The number of phenolic OH excluding ortho intramolecular Hbond substituents is 1. The summed E-state index contributed by atoms with van der Waals surface area (Å²) in [5, 5.41) is 74.5. The standard InChI is InChI=1S/C63H98N14O18/c1-10-35(8)51(61(93)75-46(62(94)95)28-33(4)5)76-55(87)42(23-25-49(83)84)71-54(86)41(22-24-48(81)82)72-58(90)45(29-37-15-12-11-13-16-37)74-56(88)43(27-32(2)3)73-53(85)40(17-14-26-67-63(65)66)70-57(89)44(30-38-18-20-39(79)21-19-38)69-47(80)31-68-60(92)52(36(9)78)77-59(91)50(64)34(6)7/h11-13,15-16,18-21,32-36,40-46,50-52,78-79H,10,14,17,22-31,64H2,1-9H3,(H,68,92)(H,69,80)(H,70,89)(H,71,86)(H,72,90)(H,73,85)(H,74,88)(H,75,93)(H,76,87)(H,77,91)(H,81,82)(H,83,84)(H,94,95)(H4,65,66,67)/t35-,36+,40-,41-,42-,43-,44-,45-,46-,50-,51-,52-/m0/s1. The van der Waals surface area contributed by atoms with Gasteiger partial charge in [0.2, 0.25) is 59.1 Å². The topological polar surface area (TPSA) is 534 Å². The second-order valence-corrected chi connectivity index (χ2v) is 24.5. The number of nitrogens with one attached hydrogen (secondary N) is 10. The predicted octanol–water partition coefficient (Wildman–Crippen LogP) is -1.97. The fourth-order valence-corrected chi connectivity index (χ4v) is 9.44. The number of aliphatic hydroxyl groups excluding tert-OH is 1. The van der Waals surface area contributed by atoms with E-state index >= 15 is 0 Å². The van der Waals surface area contributed by atoms with Gasteiger partial charge in [-0.25, -0.2) is 4.79 Å².